The summed E-state index contributed by atoms with van der Waals surface area (Å²) in [6, 6.07) is 15.9. The minimum atomic E-state index is -0.150. The van der Waals surface area contributed by atoms with Crippen molar-refractivity contribution in [2.45, 2.75) is 25.5 Å². The van der Waals surface area contributed by atoms with E-state index in [1.807, 2.05) is 42.6 Å². The zero-order chi connectivity index (χ0) is 20.5. The summed E-state index contributed by atoms with van der Waals surface area (Å²) >= 11 is 0. The molecule has 3 heterocycles. The molecule has 0 atom stereocenters. The maximum Gasteiger partial charge on any atom is 0.257 e. The summed E-state index contributed by atoms with van der Waals surface area (Å²) in [5.41, 5.74) is 4.28. The highest BCUT2D eigenvalue weighted by molar-refractivity contribution is 6.13. The first-order chi connectivity index (χ1) is 14.7. The zero-order valence-corrected chi connectivity index (χ0v) is 16.6. The zero-order valence-electron chi connectivity index (χ0n) is 16.6. The van der Waals surface area contributed by atoms with Gasteiger partial charge in [0.15, 0.2) is 0 Å². The molecule has 0 unspecified atom stereocenters. The molecule has 1 saturated heterocycles. The molecule has 152 valence electrons. The molecule has 1 aliphatic heterocycles. The molecule has 0 amide bonds. The third-order valence-electron chi connectivity index (χ3n) is 5.85. The van der Waals surface area contributed by atoms with Crippen molar-refractivity contribution in [1.29, 1.82) is 0 Å². The number of aromatic amines is 2. The SMILES string of the molecule is O=c1[nH]c2ccc3[nH]cccc3c2c1C=Nc1ccc(CN2CCC(O)CC2)cc1. The molecule has 1 fully saturated rings. The predicted octanol–water partition coefficient (Wildman–Crippen LogP) is 3.72. The molecular formula is C24H24N4O2. The molecule has 0 aliphatic carbocycles. The van der Waals surface area contributed by atoms with E-state index in [-0.39, 0.29) is 11.7 Å². The minimum Gasteiger partial charge on any atom is -0.393 e. The lowest BCUT2D eigenvalue weighted by atomic mass is 10.1. The minimum absolute atomic E-state index is 0.131. The number of nitrogens with one attached hydrogen (secondary N) is 2. The second kappa shape index (κ2) is 7.89. The van der Waals surface area contributed by atoms with Gasteiger partial charge in [-0.05, 0) is 48.7 Å². The fourth-order valence-corrected chi connectivity index (χ4v) is 4.18. The van der Waals surface area contributed by atoms with Crippen molar-refractivity contribution in [2.75, 3.05) is 13.1 Å². The first kappa shape index (κ1) is 18.8. The van der Waals surface area contributed by atoms with Crippen LogP contribution in [0.25, 0.3) is 21.8 Å². The number of hydrogen-bond acceptors (Lipinski definition) is 4. The van der Waals surface area contributed by atoms with Crippen LogP contribution in [0.15, 0.2) is 64.5 Å². The third kappa shape index (κ3) is 3.67. The van der Waals surface area contributed by atoms with Gasteiger partial charge in [-0.15, -0.1) is 0 Å². The summed E-state index contributed by atoms with van der Waals surface area (Å²) in [7, 11) is 0. The van der Waals surface area contributed by atoms with E-state index < -0.39 is 0 Å². The van der Waals surface area contributed by atoms with Crippen LogP contribution in [0.3, 0.4) is 0 Å². The van der Waals surface area contributed by atoms with Crippen molar-refractivity contribution in [1.82, 2.24) is 14.9 Å². The molecule has 0 bridgehead atoms. The van der Waals surface area contributed by atoms with Crippen LogP contribution in [0.4, 0.5) is 5.69 Å². The van der Waals surface area contributed by atoms with Crippen LogP contribution in [0.1, 0.15) is 24.0 Å². The third-order valence-corrected chi connectivity index (χ3v) is 5.85. The van der Waals surface area contributed by atoms with Gasteiger partial charge in [0.25, 0.3) is 5.56 Å². The summed E-state index contributed by atoms with van der Waals surface area (Å²) in [5.74, 6) is 0. The number of hydrogen-bond donors (Lipinski definition) is 3. The van der Waals surface area contributed by atoms with Crippen molar-refractivity contribution in [3.05, 3.63) is 76.2 Å². The number of aromatic nitrogens is 2. The highest BCUT2D eigenvalue weighted by Gasteiger charge is 2.16. The van der Waals surface area contributed by atoms with Crippen LogP contribution in [0.5, 0.6) is 0 Å². The number of aliphatic imine (C=N–C) groups is 1. The van der Waals surface area contributed by atoms with E-state index in [1.165, 1.54) is 5.56 Å². The highest BCUT2D eigenvalue weighted by atomic mass is 16.3. The van der Waals surface area contributed by atoms with Gasteiger partial charge >= 0.3 is 0 Å². The first-order valence-corrected chi connectivity index (χ1v) is 10.3. The molecule has 3 N–H and O–H groups in total. The quantitative estimate of drug-likeness (QED) is 0.457. The Balaban J connectivity index is 1.39. The smallest absolute Gasteiger partial charge is 0.257 e. The van der Waals surface area contributed by atoms with Gasteiger partial charge in [-0.1, -0.05) is 18.2 Å². The van der Waals surface area contributed by atoms with Gasteiger partial charge in [0, 0.05) is 53.9 Å². The molecule has 0 spiro atoms. The Bertz CT molecular complexity index is 1260. The summed E-state index contributed by atoms with van der Waals surface area (Å²) in [6.07, 6.45) is 5.08. The second-order valence-electron chi connectivity index (χ2n) is 7.92. The molecule has 6 nitrogen and oxygen atoms in total. The Kier molecular flexibility index (Phi) is 4.94. The standard InChI is InChI=1S/C24H24N4O2/c29-18-9-12-28(13-10-18)15-16-3-5-17(6-4-16)26-14-20-23-19-2-1-11-25-21(19)7-8-22(23)27-24(20)30/h1-8,11,14,18,25,29H,9-10,12-13,15H2,(H,27,30). The number of piperidine rings is 1. The lowest BCUT2D eigenvalue weighted by molar-refractivity contribution is 0.0792. The van der Waals surface area contributed by atoms with Gasteiger partial charge in [-0.2, -0.15) is 0 Å². The van der Waals surface area contributed by atoms with Crippen molar-refractivity contribution < 1.29 is 5.11 Å². The Morgan fingerprint density at radius 3 is 2.63 bits per heavy atom. The summed E-state index contributed by atoms with van der Waals surface area (Å²) < 4.78 is 0. The molecule has 2 aromatic carbocycles. The monoisotopic (exact) mass is 400 g/mol. The Hall–Kier alpha value is -3.22. The van der Waals surface area contributed by atoms with E-state index in [1.54, 1.807) is 6.21 Å². The summed E-state index contributed by atoms with van der Waals surface area (Å²) in [6.45, 7) is 2.74. The molecule has 6 heteroatoms. The van der Waals surface area contributed by atoms with E-state index in [0.717, 1.165) is 60.0 Å². The number of nitrogens with zero attached hydrogens (tertiary/aromatic N) is 2. The van der Waals surface area contributed by atoms with Gasteiger partial charge in [-0.25, -0.2) is 0 Å². The van der Waals surface area contributed by atoms with Gasteiger partial charge < -0.3 is 15.1 Å². The molecule has 0 radical (unpaired) electrons. The predicted molar refractivity (Wildman–Crippen MR) is 121 cm³/mol. The normalized spacial score (nSPS) is 16.2. The maximum atomic E-state index is 12.5. The Morgan fingerprint density at radius 1 is 1.07 bits per heavy atom. The lowest BCUT2D eigenvalue weighted by Gasteiger charge is -2.29. The van der Waals surface area contributed by atoms with E-state index in [4.69, 9.17) is 0 Å². The number of pyridine rings is 1. The van der Waals surface area contributed by atoms with Crippen LogP contribution >= 0.6 is 0 Å². The van der Waals surface area contributed by atoms with E-state index in [0.29, 0.717) is 5.56 Å². The molecule has 0 saturated carbocycles. The van der Waals surface area contributed by atoms with E-state index >= 15 is 0 Å². The molecule has 5 rings (SSSR count). The largest absolute Gasteiger partial charge is 0.393 e. The molecule has 30 heavy (non-hydrogen) atoms. The van der Waals surface area contributed by atoms with E-state index in [9.17, 15) is 9.90 Å². The van der Waals surface area contributed by atoms with Gasteiger partial charge in [0.1, 0.15) is 0 Å². The Morgan fingerprint density at radius 2 is 1.83 bits per heavy atom. The maximum absolute atomic E-state index is 12.5. The first-order valence-electron chi connectivity index (χ1n) is 10.3. The molecule has 1 aliphatic rings. The number of aliphatic hydroxyl groups excluding tert-OH is 1. The number of likely N-dealkylation sites (tertiary alicyclic amines) is 1. The highest BCUT2D eigenvalue weighted by Crippen LogP contribution is 2.25. The van der Waals surface area contributed by atoms with Crippen LogP contribution in [-0.4, -0.2) is 45.4 Å². The topological polar surface area (TPSA) is 84.5 Å². The molecule has 4 aromatic rings. The van der Waals surface area contributed by atoms with Crippen molar-refractivity contribution in [3.8, 4) is 0 Å². The molecule has 2 aromatic heterocycles. The second-order valence-corrected chi connectivity index (χ2v) is 7.92. The van der Waals surface area contributed by atoms with Gasteiger partial charge in [0.2, 0.25) is 0 Å². The van der Waals surface area contributed by atoms with Crippen molar-refractivity contribution in [2.24, 2.45) is 4.99 Å². The number of rotatable bonds is 4. The lowest BCUT2D eigenvalue weighted by Crippen LogP contribution is -2.35. The van der Waals surface area contributed by atoms with Crippen LogP contribution < -0.4 is 5.56 Å². The van der Waals surface area contributed by atoms with Crippen LogP contribution in [-0.2, 0) is 6.54 Å². The fraction of sp³-hybridized carbons (Fsp3) is 0.250. The van der Waals surface area contributed by atoms with Crippen molar-refractivity contribution in [3.63, 3.8) is 0 Å². The number of H-pyrrole nitrogens is 2. The fourth-order valence-electron chi connectivity index (χ4n) is 4.18. The van der Waals surface area contributed by atoms with Crippen molar-refractivity contribution >= 4 is 33.7 Å². The summed E-state index contributed by atoms with van der Waals surface area (Å²) in [5, 5.41) is 11.5. The average Bonchev–Trinajstić information content (AvgIpc) is 3.10. The summed E-state index contributed by atoms with van der Waals surface area (Å²) in [4.78, 5) is 25.6. The van der Waals surface area contributed by atoms with Crippen LogP contribution in [0, 0.1) is 0 Å². The van der Waals surface area contributed by atoms with Crippen LogP contribution in [0.2, 0.25) is 0 Å². The van der Waals surface area contributed by atoms with Gasteiger partial charge in [0.05, 0.1) is 17.4 Å². The number of aliphatic hydroxyl groups is 1. The average molecular weight is 400 g/mol. The Labute approximate surface area is 173 Å². The molecular weight excluding hydrogens is 376 g/mol. The number of fused-ring (bicyclic) bond motifs is 3. The van der Waals surface area contributed by atoms with E-state index in [2.05, 4.69) is 32.0 Å². The van der Waals surface area contributed by atoms with Gasteiger partial charge in [-0.3, -0.25) is 14.7 Å². The number of benzene rings is 2.